The Morgan fingerprint density at radius 1 is 1.25 bits per heavy atom. The van der Waals surface area contributed by atoms with Gasteiger partial charge in [0.2, 0.25) is 10.0 Å². The summed E-state index contributed by atoms with van der Waals surface area (Å²) in [5, 5.41) is 0. The van der Waals surface area contributed by atoms with Gasteiger partial charge in [-0.2, -0.15) is 17.5 Å². The van der Waals surface area contributed by atoms with Crippen molar-refractivity contribution in [2.45, 2.75) is 30.8 Å². The maximum absolute atomic E-state index is 12.8. The van der Waals surface area contributed by atoms with Gasteiger partial charge < -0.3 is 9.64 Å². The molecule has 3 aliphatic rings. The zero-order valence-electron chi connectivity index (χ0n) is 15.7. The molecule has 1 aromatic rings. The number of likely N-dealkylation sites (tertiary alicyclic amines) is 1. The second kappa shape index (κ2) is 6.93. The van der Waals surface area contributed by atoms with Gasteiger partial charge in [0.15, 0.2) is 0 Å². The summed E-state index contributed by atoms with van der Waals surface area (Å²) in [5.41, 5.74) is -1.22. The lowest BCUT2D eigenvalue weighted by Gasteiger charge is -2.60. The number of halogens is 3. The molecule has 0 saturated carbocycles. The fourth-order valence-corrected chi connectivity index (χ4v) is 6.36. The molecule has 10 heteroatoms. The molecule has 0 aliphatic carbocycles. The molecule has 1 unspecified atom stereocenters. The topological polar surface area (TPSA) is 62.7 Å². The Bertz CT molecular complexity index is 839. The number of ether oxygens (including phenoxy) is 1. The van der Waals surface area contributed by atoms with Gasteiger partial charge in [0.05, 0.1) is 12.3 Å². The van der Waals surface area contributed by atoms with E-state index in [4.69, 9.17) is 4.74 Å². The Labute approximate surface area is 162 Å². The van der Waals surface area contributed by atoms with Crippen LogP contribution in [-0.4, -0.2) is 68.5 Å². The summed E-state index contributed by atoms with van der Waals surface area (Å²) in [6.07, 6.45) is -2.33. The van der Waals surface area contributed by atoms with Gasteiger partial charge in [-0.15, -0.1) is 0 Å². The number of sulfonamides is 1. The first-order chi connectivity index (χ1) is 13.1. The molecule has 3 fully saturated rings. The summed E-state index contributed by atoms with van der Waals surface area (Å²) < 4.78 is 70.7. The molecule has 0 bridgehead atoms. The van der Waals surface area contributed by atoms with Gasteiger partial charge in [0.25, 0.3) is 0 Å². The quantitative estimate of drug-likeness (QED) is 0.748. The lowest BCUT2D eigenvalue weighted by molar-refractivity contribution is -0.141. The van der Waals surface area contributed by atoms with E-state index >= 15 is 0 Å². The smallest absolute Gasteiger partial charge is 0.381 e. The van der Waals surface area contributed by atoms with E-state index in [1.54, 1.807) is 0 Å². The van der Waals surface area contributed by atoms with Crippen molar-refractivity contribution in [2.75, 3.05) is 45.9 Å². The molecular weight excluding hydrogens is 395 g/mol. The number of aromatic nitrogens is 1. The minimum Gasteiger partial charge on any atom is -0.381 e. The monoisotopic (exact) mass is 419 g/mol. The minimum absolute atomic E-state index is 0.0180. The number of nitrogens with zero attached hydrogens (tertiary/aromatic N) is 3. The molecule has 0 N–H and O–H groups in total. The van der Waals surface area contributed by atoms with Crippen molar-refractivity contribution in [2.24, 2.45) is 11.3 Å². The molecule has 1 atom stereocenters. The van der Waals surface area contributed by atoms with Gasteiger partial charge in [-0.05, 0) is 37.8 Å². The van der Waals surface area contributed by atoms with Crippen LogP contribution < -0.4 is 0 Å². The molecule has 1 aromatic heterocycles. The van der Waals surface area contributed by atoms with E-state index in [9.17, 15) is 21.6 Å². The van der Waals surface area contributed by atoms with Gasteiger partial charge in [0.1, 0.15) is 10.6 Å². The maximum Gasteiger partial charge on any atom is 0.433 e. The highest BCUT2D eigenvalue weighted by Crippen LogP contribution is 2.43. The van der Waals surface area contributed by atoms with Crippen LogP contribution in [0.3, 0.4) is 0 Å². The fraction of sp³-hybridized carbons (Fsp3) is 0.722. The standard InChI is InChI=1S/C18H24F3N3O3S/c1-13-15(4-5-16(22-13)18(19,20)21)28(25,26)24-11-17(12-24)9-23(10-17)7-14-3-2-6-27-8-14/h4-5,14H,2-3,6-12H2,1H3. The van der Waals surface area contributed by atoms with Gasteiger partial charge in [0, 0.05) is 44.7 Å². The molecule has 4 heterocycles. The number of hydrogen-bond donors (Lipinski definition) is 0. The summed E-state index contributed by atoms with van der Waals surface area (Å²) in [6, 6.07) is 1.74. The molecule has 156 valence electrons. The summed E-state index contributed by atoms with van der Waals surface area (Å²) in [4.78, 5) is 5.64. The second-order valence-electron chi connectivity index (χ2n) is 8.30. The van der Waals surface area contributed by atoms with Crippen LogP contribution in [0.4, 0.5) is 13.2 Å². The van der Waals surface area contributed by atoms with Crippen molar-refractivity contribution in [1.82, 2.24) is 14.2 Å². The van der Waals surface area contributed by atoms with E-state index in [0.717, 1.165) is 51.4 Å². The van der Waals surface area contributed by atoms with E-state index in [0.29, 0.717) is 19.0 Å². The third kappa shape index (κ3) is 3.67. The number of alkyl halides is 3. The molecule has 0 aromatic carbocycles. The van der Waals surface area contributed by atoms with E-state index in [1.807, 2.05) is 0 Å². The fourth-order valence-electron chi connectivity index (χ4n) is 4.54. The highest BCUT2D eigenvalue weighted by atomic mass is 32.2. The zero-order valence-corrected chi connectivity index (χ0v) is 16.5. The van der Waals surface area contributed by atoms with Crippen molar-refractivity contribution in [3.8, 4) is 0 Å². The highest BCUT2D eigenvalue weighted by Gasteiger charge is 2.55. The van der Waals surface area contributed by atoms with Crippen LogP contribution >= 0.6 is 0 Å². The summed E-state index contributed by atoms with van der Waals surface area (Å²) >= 11 is 0. The van der Waals surface area contributed by atoms with E-state index in [2.05, 4.69) is 9.88 Å². The lowest BCUT2D eigenvalue weighted by Crippen LogP contribution is -2.73. The predicted molar refractivity (Wildman–Crippen MR) is 95.2 cm³/mol. The Kier molecular flexibility index (Phi) is 4.96. The maximum atomic E-state index is 12.8. The zero-order chi connectivity index (χ0) is 20.2. The normalized spacial score (nSPS) is 26.1. The van der Waals surface area contributed by atoms with E-state index < -0.39 is 21.9 Å². The third-order valence-electron chi connectivity index (χ3n) is 5.86. The largest absolute Gasteiger partial charge is 0.433 e. The molecule has 0 radical (unpaired) electrons. The average molecular weight is 419 g/mol. The van der Waals surface area contributed by atoms with Crippen LogP contribution in [0, 0.1) is 18.3 Å². The van der Waals surface area contributed by atoms with Crippen LogP contribution in [0.1, 0.15) is 24.2 Å². The van der Waals surface area contributed by atoms with Gasteiger partial charge in [-0.1, -0.05) is 0 Å². The first-order valence-corrected chi connectivity index (χ1v) is 10.9. The van der Waals surface area contributed by atoms with Crippen molar-refractivity contribution >= 4 is 10.0 Å². The first kappa shape index (κ1) is 20.1. The van der Waals surface area contributed by atoms with Crippen LogP contribution in [0.2, 0.25) is 0 Å². The van der Waals surface area contributed by atoms with E-state index in [1.165, 1.54) is 17.6 Å². The number of rotatable bonds is 4. The first-order valence-electron chi connectivity index (χ1n) is 9.44. The summed E-state index contributed by atoms with van der Waals surface area (Å²) in [7, 11) is -3.82. The molecule has 1 spiro atoms. The molecular formula is C18H24F3N3O3S. The Morgan fingerprint density at radius 2 is 1.96 bits per heavy atom. The van der Waals surface area contributed by atoms with Gasteiger partial charge >= 0.3 is 6.18 Å². The third-order valence-corrected chi connectivity index (χ3v) is 7.78. The summed E-state index contributed by atoms with van der Waals surface area (Å²) in [6.45, 7) is 6.46. The van der Waals surface area contributed by atoms with Crippen LogP contribution in [-0.2, 0) is 20.9 Å². The Hall–Kier alpha value is -1.23. The molecule has 3 saturated heterocycles. The van der Waals surface area contributed by atoms with Crippen LogP contribution in [0.15, 0.2) is 17.0 Å². The molecule has 3 aliphatic heterocycles. The van der Waals surface area contributed by atoms with Crippen molar-refractivity contribution in [1.29, 1.82) is 0 Å². The Morgan fingerprint density at radius 3 is 2.54 bits per heavy atom. The van der Waals surface area contributed by atoms with Crippen molar-refractivity contribution < 1.29 is 26.3 Å². The summed E-state index contributed by atoms with van der Waals surface area (Å²) in [5.74, 6) is 0.548. The van der Waals surface area contributed by atoms with E-state index in [-0.39, 0.29) is 16.0 Å². The average Bonchev–Trinajstić information content (AvgIpc) is 2.55. The SMILES string of the molecule is Cc1nc(C(F)(F)F)ccc1S(=O)(=O)N1CC2(CN(CC3CCCOC3)C2)C1. The minimum atomic E-state index is -4.59. The van der Waals surface area contributed by atoms with Crippen LogP contribution in [0.5, 0.6) is 0 Å². The van der Waals surface area contributed by atoms with Crippen LogP contribution in [0.25, 0.3) is 0 Å². The number of hydrogen-bond acceptors (Lipinski definition) is 5. The van der Waals surface area contributed by atoms with Gasteiger partial charge in [-0.25, -0.2) is 13.4 Å². The Balaban J connectivity index is 1.35. The highest BCUT2D eigenvalue weighted by molar-refractivity contribution is 7.89. The lowest BCUT2D eigenvalue weighted by atomic mass is 9.74. The molecule has 0 amide bonds. The second-order valence-corrected chi connectivity index (χ2v) is 10.2. The number of pyridine rings is 1. The molecule has 4 rings (SSSR count). The van der Waals surface area contributed by atoms with Gasteiger partial charge in [-0.3, -0.25) is 0 Å². The molecule has 6 nitrogen and oxygen atoms in total. The molecule has 28 heavy (non-hydrogen) atoms. The van der Waals surface area contributed by atoms with Crippen molar-refractivity contribution in [3.05, 3.63) is 23.5 Å². The number of aryl methyl sites for hydroxylation is 1. The van der Waals surface area contributed by atoms with Crippen molar-refractivity contribution in [3.63, 3.8) is 0 Å². The predicted octanol–water partition coefficient (Wildman–Crippen LogP) is 2.14.